The molecule has 0 bridgehead atoms. The van der Waals surface area contributed by atoms with E-state index in [1.165, 1.54) is 24.2 Å². The van der Waals surface area contributed by atoms with Crippen LogP contribution < -0.4 is 5.73 Å². The fourth-order valence-electron chi connectivity index (χ4n) is 1.20. The summed E-state index contributed by atoms with van der Waals surface area (Å²) < 4.78 is 0. The van der Waals surface area contributed by atoms with E-state index in [9.17, 15) is 4.79 Å². The molecule has 0 saturated carbocycles. The summed E-state index contributed by atoms with van der Waals surface area (Å²) in [6.07, 6.45) is 5.15. The van der Waals surface area contributed by atoms with Gasteiger partial charge in [0.15, 0.2) is 11.4 Å². The fraction of sp³-hybridized carbons (Fsp3) is 0.556. The Morgan fingerprint density at radius 2 is 2.31 bits per heavy atom. The number of carbonyl (C=O) groups excluding carboxylic acids is 1. The molecule has 0 radical (unpaired) electrons. The number of thiazole rings is 1. The summed E-state index contributed by atoms with van der Waals surface area (Å²) in [5.74, 6) is 0. The smallest absolute Gasteiger partial charge is 0.180 e. The molecule has 1 heterocycles. The Morgan fingerprint density at radius 3 is 2.92 bits per heavy atom. The number of nitrogens with zero attached hydrogens (tertiary/aromatic N) is 1. The van der Waals surface area contributed by atoms with Crippen molar-refractivity contribution in [3.05, 3.63) is 10.6 Å². The third kappa shape index (κ3) is 2.81. The molecule has 1 rings (SSSR count). The SMILES string of the molecule is CCCCCc1nc(N)sc1C=O. The van der Waals surface area contributed by atoms with E-state index in [1.807, 2.05) is 0 Å². The van der Waals surface area contributed by atoms with E-state index in [4.69, 9.17) is 5.73 Å². The predicted octanol–water partition coefficient (Wildman–Crippen LogP) is 2.27. The van der Waals surface area contributed by atoms with E-state index in [1.54, 1.807) is 0 Å². The molecule has 0 spiro atoms. The van der Waals surface area contributed by atoms with Crippen LogP contribution in [0.1, 0.15) is 41.6 Å². The van der Waals surface area contributed by atoms with Crippen molar-refractivity contribution >= 4 is 22.8 Å². The van der Waals surface area contributed by atoms with E-state index in [0.29, 0.717) is 10.0 Å². The standard InChI is InChI=1S/C9H14N2OS/c1-2-3-4-5-7-8(6-12)13-9(10)11-7/h6H,2-5H2,1H3,(H2,10,11). The second-order valence-corrected chi connectivity index (χ2v) is 4.00. The minimum atomic E-state index is 0.494. The minimum absolute atomic E-state index is 0.494. The summed E-state index contributed by atoms with van der Waals surface area (Å²) in [5, 5.41) is 0.494. The zero-order chi connectivity index (χ0) is 9.68. The molecule has 72 valence electrons. The highest BCUT2D eigenvalue weighted by molar-refractivity contribution is 7.17. The quantitative estimate of drug-likeness (QED) is 0.583. The van der Waals surface area contributed by atoms with E-state index < -0.39 is 0 Å². The number of hydrogen-bond donors (Lipinski definition) is 1. The maximum absolute atomic E-state index is 10.6. The van der Waals surface area contributed by atoms with Crippen molar-refractivity contribution in [1.82, 2.24) is 4.98 Å². The van der Waals surface area contributed by atoms with Crippen LogP contribution in [-0.2, 0) is 6.42 Å². The Hall–Kier alpha value is -0.900. The molecular formula is C9H14N2OS. The van der Waals surface area contributed by atoms with Gasteiger partial charge < -0.3 is 5.73 Å². The second-order valence-electron chi connectivity index (χ2n) is 2.94. The molecule has 0 aliphatic carbocycles. The molecule has 0 atom stereocenters. The van der Waals surface area contributed by atoms with Crippen LogP contribution in [0.2, 0.25) is 0 Å². The van der Waals surface area contributed by atoms with Gasteiger partial charge >= 0.3 is 0 Å². The molecule has 0 aliphatic heterocycles. The van der Waals surface area contributed by atoms with Crippen LogP contribution in [0.5, 0.6) is 0 Å². The first-order chi connectivity index (χ1) is 6.27. The van der Waals surface area contributed by atoms with E-state index >= 15 is 0 Å². The van der Waals surface area contributed by atoms with Gasteiger partial charge in [-0.3, -0.25) is 4.79 Å². The monoisotopic (exact) mass is 198 g/mol. The fourth-order valence-corrected chi connectivity index (χ4v) is 1.89. The molecule has 0 aliphatic rings. The number of nitrogen functional groups attached to an aromatic ring is 1. The number of carbonyl (C=O) groups is 1. The largest absolute Gasteiger partial charge is 0.375 e. The van der Waals surface area contributed by atoms with Crippen molar-refractivity contribution in [2.24, 2.45) is 0 Å². The first kappa shape index (κ1) is 10.2. The number of rotatable bonds is 5. The molecule has 2 N–H and O–H groups in total. The molecule has 3 nitrogen and oxygen atoms in total. The Kier molecular flexibility index (Phi) is 3.89. The van der Waals surface area contributed by atoms with Crippen LogP contribution >= 0.6 is 11.3 Å². The van der Waals surface area contributed by atoms with Crippen molar-refractivity contribution in [1.29, 1.82) is 0 Å². The van der Waals surface area contributed by atoms with Crippen molar-refractivity contribution < 1.29 is 4.79 Å². The van der Waals surface area contributed by atoms with Gasteiger partial charge in [-0.15, -0.1) is 0 Å². The van der Waals surface area contributed by atoms with Crippen LogP contribution in [0.15, 0.2) is 0 Å². The summed E-state index contributed by atoms with van der Waals surface area (Å²) in [4.78, 5) is 15.4. The number of aryl methyl sites for hydroxylation is 1. The number of nitrogens with two attached hydrogens (primary N) is 1. The lowest BCUT2D eigenvalue weighted by molar-refractivity contribution is 0.112. The van der Waals surface area contributed by atoms with Crippen LogP contribution in [0.25, 0.3) is 0 Å². The first-order valence-corrected chi connectivity index (χ1v) is 5.30. The molecule has 13 heavy (non-hydrogen) atoms. The Bertz CT molecular complexity index is 283. The van der Waals surface area contributed by atoms with E-state index in [-0.39, 0.29) is 0 Å². The van der Waals surface area contributed by atoms with E-state index in [2.05, 4.69) is 11.9 Å². The molecule has 0 aromatic carbocycles. The Balaban J connectivity index is 2.58. The lowest BCUT2D eigenvalue weighted by atomic mass is 10.1. The molecule has 1 aromatic heterocycles. The number of aromatic nitrogens is 1. The summed E-state index contributed by atoms with van der Waals surface area (Å²) in [6.45, 7) is 2.15. The lowest BCUT2D eigenvalue weighted by Gasteiger charge is -1.95. The zero-order valence-corrected chi connectivity index (χ0v) is 8.56. The van der Waals surface area contributed by atoms with E-state index in [0.717, 1.165) is 24.8 Å². The van der Waals surface area contributed by atoms with Gasteiger partial charge in [0.2, 0.25) is 0 Å². The topological polar surface area (TPSA) is 56.0 Å². The molecule has 0 amide bonds. The molecular weight excluding hydrogens is 184 g/mol. The average molecular weight is 198 g/mol. The lowest BCUT2D eigenvalue weighted by Crippen LogP contribution is -1.91. The van der Waals surface area contributed by atoms with Gasteiger partial charge in [-0.2, -0.15) is 0 Å². The Labute approximate surface area is 82.0 Å². The highest BCUT2D eigenvalue weighted by Gasteiger charge is 2.07. The normalized spacial score (nSPS) is 10.2. The summed E-state index contributed by atoms with van der Waals surface area (Å²) >= 11 is 1.27. The zero-order valence-electron chi connectivity index (χ0n) is 7.75. The molecule has 0 unspecified atom stereocenters. The van der Waals surface area contributed by atoms with Gasteiger partial charge in [-0.1, -0.05) is 31.1 Å². The summed E-state index contributed by atoms with van der Waals surface area (Å²) in [5.41, 5.74) is 6.37. The van der Waals surface area contributed by atoms with Gasteiger partial charge in [-0.05, 0) is 12.8 Å². The van der Waals surface area contributed by atoms with Crippen LogP contribution in [0.4, 0.5) is 5.13 Å². The Morgan fingerprint density at radius 1 is 1.54 bits per heavy atom. The molecule has 0 fully saturated rings. The highest BCUT2D eigenvalue weighted by atomic mass is 32.1. The van der Waals surface area contributed by atoms with Crippen molar-refractivity contribution in [2.75, 3.05) is 5.73 Å². The van der Waals surface area contributed by atoms with Crippen molar-refractivity contribution in [3.63, 3.8) is 0 Å². The minimum Gasteiger partial charge on any atom is -0.375 e. The first-order valence-electron chi connectivity index (χ1n) is 4.48. The third-order valence-electron chi connectivity index (χ3n) is 1.87. The number of aldehydes is 1. The van der Waals surface area contributed by atoms with Gasteiger partial charge in [-0.25, -0.2) is 4.98 Å². The second kappa shape index (κ2) is 4.97. The van der Waals surface area contributed by atoms with Gasteiger partial charge in [0.25, 0.3) is 0 Å². The number of hydrogen-bond acceptors (Lipinski definition) is 4. The molecule has 1 aromatic rings. The summed E-state index contributed by atoms with van der Waals surface area (Å²) in [6, 6.07) is 0. The van der Waals surface area contributed by atoms with Crippen molar-refractivity contribution in [3.8, 4) is 0 Å². The van der Waals surface area contributed by atoms with Crippen LogP contribution in [0, 0.1) is 0 Å². The maximum Gasteiger partial charge on any atom is 0.180 e. The third-order valence-corrected chi connectivity index (χ3v) is 2.72. The van der Waals surface area contributed by atoms with Crippen molar-refractivity contribution in [2.45, 2.75) is 32.6 Å². The maximum atomic E-state index is 10.6. The van der Waals surface area contributed by atoms with Crippen LogP contribution in [-0.4, -0.2) is 11.3 Å². The van der Waals surface area contributed by atoms with Crippen LogP contribution in [0.3, 0.4) is 0 Å². The molecule has 0 saturated heterocycles. The van der Waals surface area contributed by atoms with Gasteiger partial charge in [0.05, 0.1) is 10.6 Å². The van der Waals surface area contributed by atoms with Gasteiger partial charge in [0.1, 0.15) is 0 Å². The molecule has 4 heteroatoms. The highest BCUT2D eigenvalue weighted by Crippen LogP contribution is 2.20. The predicted molar refractivity (Wildman–Crippen MR) is 55.1 cm³/mol. The number of unbranched alkanes of at least 4 members (excludes halogenated alkanes) is 2. The summed E-state index contributed by atoms with van der Waals surface area (Å²) in [7, 11) is 0. The average Bonchev–Trinajstić information content (AvgIpc) is 2.47. The van der Waals surface area contributed by atoms with Gasteiger partial charge in [0, 0.05) is 0 Å². The number of anilines is 1.